The molecular weight excluding hydrogens is 160 g/mol. The van der Waals surface area contributed by atoms with Gasteiger partial charge in [0.2, 0.25) is 0 Å². The van der Waals surface area contributed by atoms with E-state index < -0.39 is 0 Å². The summed E-state index contributed by atoms with van der Waals surface area (Å²) in [4.78, 5) is 11.2. The van der Waals surface area contributed by atoms with E-state index in [2.05, 4.69) is 0 Å². The van der Waals surface area contributed by atoms with Gasteiger partial charge in [-0.1, -0.05) is 0 Å². The molecule has 1 fully saturated rings. The first-order valence-corrected chi connectivity index (χ1v) is 4.20. The third-order valence-corrected chi connectivity index (χ3v) is 1.89. The number of hydrogen-bond donors (Lipinski definition) is 1. The zero-order valence-electron chi connectivity index (χ0n) is 6.99. The summed E-state index contributed by atoms with van der Waals surface area (Å²) in [6.45, 7) is 1.28. The number of aliphatic hydroxyl groups is 1. The molecule has 0 saturated carbocycles. The Bertz CT molecular complexity index is 140. The molecule has 4 heteroatoms. The SMILES string of the molecule is O=C(OCCO)C1CCOCC1. The maximum absolute atomic E-state index is 11.2. The number of rotatable bonds is 3. The largest absolute Gasteiger partial charge is 0.463 e. The monoisotopic (exact) mass is 174 g/mol. The molecule has 0 unspecified atom stereocenters. The predicted octanol–water partition coefficient (Wildman–Crippen LogP) is -0.0515. The summed E-state index contributed by atoms with van der Waals surface area (Å²) < 4.78 is 9.88. The Morgan fingerprint density at radius 3 is 2.75 bits per heavy atom. The Labute approximate surface area is 71.5 Å². The average molecular weight is 174 g/mol. The van der Waals surface area contributed by atoms with Crippen LogP contribution in [0.2, 0.25) is 0 Å². The minimum atomic E-state index is -0.202. The van der Waals surface area contributed by atoms with Gasteiger partial charge in [0.25, 0.3) is 0 Å². The summed E-state index contributed by atoms with van der Waals surface area (Å²) >= 11 is 0. The predicted molar refractivity (Wildman–Crippen MR) is 41.6 cm³/mol. The van der Waals surface area contributed by atoms with Gasteiger partial charge in [-0.25, -0.2) is 0 Å². The molecule has 0 aliphatic carbocycles. The standard InChI is InChI=1S/C8H14O4/c9-3-6-12-8(10)7-1-4-11-5-2-7/h7,9H,1-6H2. The fourth-order valence-electron chi connectivity index (χ4n) is 1.20. The summed E-state index contributed by atoms with van der Waals surface area (Å²) in [7, 11) is 0. The van der Waals surface area contributed by atoms with Crippen molar-refractivity contribution in [3.63, 3.8) is 0 Å². The van der Waals surface area contributed by atoms with Crippen molar-refractivity contribution in [2.45, 2.75) is 12.8 Å². The quantitative estimate of drug-likeness (QED) is 0.609. The van der Waals surface area contributed by atoms with E-state index >= 15 is 0 Å². The zero-order chi connectivity index (χ0) is 8.81. The van der Waals surface area contributed by atoms with Crippen molar-refractivity contribution >= 4 is 5.97 Å². The summed E-state index contributed by atoms with van der Waals surface area (Å²) in [6.07, 6.45) is 1.48. The second-order valence-corrected chi connectivity index (χ2v) is 2.78. The minimum absolute atomic E-state index is 0.0229. The summed E-state index contributed by atoms with van der Waals surface area (Å²) in [6, 6.07) is 0. The Kier molecular flexibility index (Phi) is 4.04. The maximum atomic E-state index is 11.2. The fraction of sp³-hybridized carbons (Fsp3) is 0.875. The van der Waals surface area contributed by atoms with Crippen molar-refractivity contribution in [3.8, 4) is 0 Å². The molecule has 0 atom stereocenters. The number of hydrogen-bond acceptors (Lipinski definition) is 4. The smallest absolute Gasteiger partial charge is 0.309 e. The number of aliphatic hydroxyl groups excluding tert-OH is 1. The molecule has 0 aromatic rings. The summed E-state index contributed by atoms with van der Waals surface area (Å²) in [5.74, 6) is -0.224. The van der Waals surface area contributed by atoms with Crippen molar-refractivity contribution in [2.24, 2.45) is 5.92 Å². The second-order valence-electron chi connectivity index (χ2n) is 2.78. The van der Waals surface area contributed by atoms with E-state index in [4.69, 9.17) is 14.6 Å². The number of esters is 1. The van der Waals surface area contributed by atoms with Gasteiger partial charge in [0.05, 0.1) is 12.5 Å². The molecule has 1 saturated heterocycles. The van der Waals surface area contributed by atoms with Gasteiger partial charge in [0.15, 0.2) is 0 Å². The van der Waals surface area contributed by atoms with Crippen LogP contribution in [0.25, 0.3) is 0 Å². The lowest BCUT2D eigenvalue weighted by atomic mass is 10.0. The molecule has 0 aromatic heterocycles. The Hall–Kier alpha value is -0.610. The van der Waals surface area contributed by atoms with E-state index in [-0.39, 0.29) is 25.1 Å². The van der Waals surface area contributed by atoms with E-state index in [0.29, 0.717) is 13.2 Å². The highest BCUT2D eigenvalue weighted by Gasteiger charge is 2.22. The van der Waals surface area contributed by atoms with Crippen molar-refractivity contribution in [2.75, 3.05) is 26.4 Å². The highest BCUT2D eigenvalue weighted by atomic mass is 16.5. The molecule has 1 aliphatic heterocycles. The molecule has 0 amide bonds. The van der Waals surface area contributed by atoms with Gasteiger partial charge in [0, 0.05) is 13.2 Å². The molecule has 1 aliphatic rings. The van der Waals surface area contributed by atoms with Crippen molar-refractivity contribution < 1.29 is 19.4 Å². The normalized spacial score (nSPS) is 19.1. The van der Waals surface area contributed by atoms with Crippen LogP contribution in [0, 0.1) is 5.92 Å². The van der Waals surface area contributed by atoms with Gasteiger partial charge < -0.3 is 14.6 Å². The molecule has 0 bridgehead atoms. The van der Waals surface area contributed by atoms with Crippen LogP contribution >= 0.6 is 0 Å². The van der Waals surface area contributed by atoms with Gasteiger partial charge in [-0.05, 0) is 12.8 Å². The molecular formula is C8H14O4. The third-order valence-electron chi connectivity index (χ3n) is 1.89. The van der Waals surface area contributed by atoms with Gasteiger partial charge in [0.1, 0.15) is 6.61 Å². The van der Waals surface area contributed by atoms with Crippen molar-refractivity contribution in [3.05, 3.63) is 0 Å². The van der Waals surface area contributed by atoms with Crippen LogP contribution in [-0.4, -0.2) is 37.5 Å². The van der Waals surface area contributed by atoms with Gasteiger partial charge in [-0.2, -0.15) is 0 Å². The summed E-state index contributed by atoms with van der Waals surface area (Å²) in [5, 5.41) is 8.41. The first-order chi connectivity index (χ1) is 5.84. The van der Waals surface area contributed by atoms with Crippen LogP contribution in [0.1, 0.15) is 12.8 Å². The molecule has 4 nitrogen and oxygen atoms in total. The highest BCUT2D eigenvalue weighted by Crippen LogP contribution is 2.15. The zero-order valence-corrected chi connectivity index (χ0v) is 6.99. The van der Waals surface area contributed by atoms with Crippen LogP contribution < -0.4 is 0 Å². The molecule has 0 aromatic carbocycles. The van der Waals surface area contributed by atoms with Crippen molar-refractivity contribution in [1.82, 2.24) is 0 Å². The number of ether oxygens (including phenoxy) is 2. The molecule has 0 spiro atoms. The molecule has 12 heavy (non-hydrogen) atoms. The first-order valence-electron chi connectivity index (χ1n) is 4.20. The Morgan fingerprint density at radius 1 is 1.50 bits per heavy atom. The number of carbonyl (C=O) groups is 1. The molecule has 1 rings (SSSR count). The van der Waals surface area contributed by atoms with Crippen LogP contribution in [0.3, 0.4) is 0 Å². The first kappa shape index (κ1) is 9.48. The van der Waals surface area contributed by atoms with Crippen LogP contribution in [-0.2, 0) is 14.3 Å². The second kappa shape index (κ2) is 5.11. The molecule has 70 valence electrons. The third kappa shape index (κ3) is 2.79. The van der Waals surface area contributed by atoms with Crippen molar-refractivity contribution in [1.29, 1.82) is 0 Å². The summed E-state index contributed by atoms with van der Waals surface area (Å²) in [5.41, 5.74) is 0. The Morgan fingerprint density at radius 2 is 2.17 bits per heavy atom. The Balaban J connectivity index is 2.20. The lowest BCUT2D eigenvalue weighted by molar-refractivity contribution is -0.152. The lowest BCUT2D eigenvalue weighted by Gasteiger charge is -2.20. The van der Waals surface area contributed by atoms with E-state index in [1.807, 2.05) is 0 Å². The fourth-order valence-corrected chi connectivity index (χ4v) is 1.20. The van der Waals surface area contributed by atoms with Gasteiger partial charge in [-0.3, -0.25) is 4.79 Å². The highest BCUT2D eigenvalue weighted by molar-refractivity contribution is 5.72. The molecule has 1 N–H and O–H groups in total. The lowest BCUT2D eigenvalue weighted by Crippen LogP contribution is -2.25. The van der Waals surface area contributed by atoms with Crippen LogP contribution in [0.4, 0.5) is 0 Å². The van der Waals surface area contributed by atoms with Gasteiger partial charge >= 0.3 is 5.97 Å². The molecule has 0 radical (unpaired) electrons. The van der Waals surface area contributed by atoms with E-state index in [0.717, 1.165) is 12.8 Å². The van der Waals surface area contributed by atoms with Crippen LogP contribution in [0.15, 0.2) is 0 Å². The van der Waals surface area contributed by atoms with Crippen LogP contribution in [0.5, 0.6) is 0 Å². The maximum Gasteiger partial charge on any atom is 0.309 e. The van der Waals surface area contributed by atoms with E-state index in [9.17, 15) is 4.79 Å². The van der Waals surface area contributed by atoms with E-state index in [1.165, 1.54) is 0 Å². The topological polar surface area (TPSA) is 55.8 Å². The number of carbonyl (C=O) groups excluding carboxylic acids is 1. The minimum Gasteiger partial charge on any atom is -0.463 e. The average Bonchev–Trinajstić information content (AvgIpc) is 2.15. The molecule has 1 heterocycles. The van der Waals surface area contributed by atoms with Gasteiger partial charge in [-0.15, -0.1) is 0 Å². The van der Waals surface area contributed by atoms with E-state index in [1.54, 1.807) is 0 Å².